The van der Waals surface area contributed by atoms with Gasteiger partial charge in [-0.1, -0.05) is 61.6 Å². The molecule has 1 heterocycles. The molecule has 0 saturated heterocycles. The van der Waals surface area contributed by atoms with Gasteiger partial charge in [0.25, 0.3) is 0 Å². The Bertz CT molecular complexity index is 1080. The van der Waals surface area contributed by atoms with Gasteiger partial charge >= 0.3 is 4.87 Å². The first kappa shape index (κ1) is 23.0. The fraction of sp³-hybridized carbons (Fsp3) is 0.391. The summed E-state index contributed by atoms with van der Waals surface area (Å²) in [7, 11) is 1.59. The van der Waals surface area contributed by atoms with Crippen LogP contribution in [0.3, 0.4) is 0 Å². The molecular formula is C23H29N3O4S. The lowest BCUT2D eigenvalue weighted by Crippen LogP contribution is -2.56. The predicted octanol–water partition coefficient (Wildman–Crippen LogP) is 3.10. The van der Waals surface area contributed by atoms with Crippen molar-refractivity contribution in [3.05, 3.63) is 63.3 Å². The van der Waals surface area contributed by atoms with Gasteiger partial charge in [0, 0.05) is 7.05 Å². The molecule has 0 spiro atoms. The molecule has 0 aliphatic carbocycles. The van der Waals surface area contributed by atoms with Gasteiger partial charge in [-0.2, -0.15) is 0 Å². The minimum Gasteiger partial charge on any atom is -0.506 e. The summed E-state index contributed by atoms with van der Waals surface area (Å²) in [4.78, 5) is 27.6. The Kier molecular flexibility index (Phi) is 7.48. The molecule has 2 unspecified atom stereocenters. The van der Waals surface area contributed by atoms with Crippen LogP contribution in [0, 0.1) is 0 Å². The molecule has 0 aliphatic rings. The fourth-order valence-corrected chi connectivity index (χ4v) is 4.88. The van der Waals surface area contributed by atoms with Crippen molar-refractivity contribution in [1.82, 2.24) is 15.6 Å². The summed E-state index contributed by atoms with van der Waals surface area (Å²) in [5, 5.41) is 16.4. The second-order valence-electron chi connectivity index (χ2n) is 7.30. The first-order valence-corrected chi connectivity index (χ1v) is 11.3. The molecule has 4 N–H and O–H groups in total. The molecule has 1 aromatic heterocycles. The van der Waals surface area contributed by atoms with Gasteiger partial charge < -0.3 is 20.1 Å². The molecule has 3 aromatic rings. The zero-order chi connectivity index (χ0) is 22.4. The van der Waals surface area contributed by atoms with Crippen LogP contribution < -0.4 is 15.5 Å². The molecule has 7 nitrogen and oxygen atoms in total. The number of phenols is 1. The quantitative estimate of drug-likeness (QED) is 0.361. The lowest BCUT2D eigenvalue weighted by Gasteiger charge is -2.40. The van der Waals surface area contributed by atoms with Crippen molar-refractivity contribution in [3.63, 3.8) is 0 Å². The number of hydrogen-bond donors (Lipinski definition) is 4. The Morgan fingerprint density at radius 1 is 1.23 bits per heavy atom. The van der Waals surface area contributed by atoms with E-state index in [4.69, 9.17) is 4.74 Å². The van der Waals surface area contributed by atoms with Crippen molar-refractivity contribution in [2.45, 2.75) is 38.3 Å². The van der Waals surface area contributed by atoms with E-state index < -0.39 is 11.6 Å². The van der Waals surface area contributed by atoms with E-state index >= 15 is 0 Å². The maximum Gasteiger partial charge on any atom is 0.305 e. The number of benzene rings is 2. The van der Waals surface area contributed by atoms with Gasteiger partial charge in [0.2, 0.25) is 5.91 Å². The molecule has 3 rings (SSSR count). The number of amides is 1. The number of aromatic amines is 1. The summed E-state index contributed by atoms with van der Waals surface area (Å²) >= 11 is 0.980. The van der Waals surface area contributed by atoms with Gasteiger partial charge in [-0.25, -0.2) is 0 Å². The second-order valence-corrected chi connectivity index (χ2v) is 8.28. The topological polar surface area (TPSA) is 103 Å². The van der Waals surface area contributed by atoms with E-state index in [1.165, 1.54) is 6.07 Å². The van der Waals surface area contributed by atoms with Crippen LogP contribution in [0.4, 0.5) is 0 Å². The minimum absolute atomic E-state index is 0.0247. The van der Waals surface area contributed by atoms with Crippen molar-refractivity contribution in [3.8, 4) is 5.75 Å². The maximum atomic E-state index is 13.2. The van der Waals surface area contributed by atoms with Crippen LogP contribution in [-0.2, 0) is 16.0 Å². The number of aromatic hydroxyl groups is 1. The number of carbonyl (C=O) groups excluding carboxylic acids is 1. The largest absolute Gasteiger partial charge is 0.506 e. The highest BCUT2D eigenvalue weighted by atomic mass is 32.1. The number of nitrogens with one attached hydrogen (secondary N) is 3. The molecule has 31 heavy (non-hydrogen) atoms. The van der Waals surface area contributed by atoms with Crippen LogP contribution >= 0.6 is 11.3 Å². The zero-order valence-corrected chi connectivity index (χ0v) is 18.8. The SMILES string of the molecule is CCNC(CC)(OCCc1ccccc1)C(C(=O)NC)c1ccc(O)c2[nH]c(=O)sc12. The van der Waals surface area contributed by atoms with Crippen LogP contribution in [0.1, 0.15) is 37.3 Å². The van der Waals surface area contributed by atoms with Crippen molar-refractivity contribution in [1.29, 1.82) is 0 Å². The number of fused-ring (bicyclic) bond motifs is 1. The number of hydrogen-bond acceptors (Lipinski definition) is 6. The van der Waals surface area contributed by atoms with Gasteiger partial charge in [0.1, 0.15) is 22.9 Å². The summed E-state index contributed by atoms with van der Waals surface area (Å²) in [6.45, 7) is 4.95. The average molecular weight is 444 g/mol. The molecule has 1 amide bonds. The van der Waals surface area contributed by atoms with Gasteiger partial charge in [0.05, 0.1) is 11.3 Å². The highest BCUT2D eigenvalue weighted by Crippen LogP contribution is 2.39. The van der Waals surface area contributed by atoms with E-state index in [-0.39, 0.29) is 16.5 Å². The van der Waals surface area contributed by atoms with Crippen LogP contribution in [0.25, 0.3) is 10.2 Å². The second kappa shape index (κ2) is 10.1. The van der Waals surface area contributed by atoms with Gasteiger partial charge in [-0.15, -0.1) is 0 Å². The van der Waals surface area contributed by atoms with E-state index in [1.54, 1.807) is 13.1 Å². The van der Waals surface area contributed by atoms with Crippen molar-refractivity contribution < 1.29 is 14.6 Å². The Labute approximate surface area is 185 Å². The molecule has 0 fully saturated rings. The third-order valence-corrected chi connectivity index (χ3v) is 6.40. The Morgan fingerprint density at radius 2 is 1.97 bits per heavy atom. The smallest absolute Gasteiger partial charge is 0.305 e. The summed E-state index contributed by atoms with van der Waals surface area (Å²) < 4.78 is 6.99. The van der Waals surface area contributed by atoms with E-state index in [0.717, 1.165) is 16.9 Å². The molecule has 166 valence electrons. The zero-order valence-electron chi connectivity index (χ0n) is 18.0. The minimum atomic E-state index is -0.986. The number of phenolic OH excluding ortho intramolecular Hbond substituents is 1. The predicted molar refractivity (Wildman–Crippen MR) is 124 cm³/mol. The molecule has 0 bridgehead atoms. The van der Waals surface area contributed by atoms with Crippen LogP contribution in [0.15, 0.2) is 47.3 Å². The molecule has 8 heteroatoms. The van der Waals surface area contributed by atoms with Gasteiger partial charge in [0.15, 0.2) is 0 Å². The highest BCUT2D eigenvalue weighted by molar-refractivity contribution is 7.16. The normalized spacial score (nSPS) is 14.3. The highest BCUT2D eigenvalue weighted by Gasteiger charge is 2.44. The number of rotatable bonds is 10. The van der Waals surface area contributed by atoms with E-state index in [2.05, 4.69) is 15.6 Å². The monoisotopic (exact) mass is 443 g/mol. The Balaban J connectivity index is 2.05. The maximum absolute atomic E-state index is 13.2. The van der Waals surface area contributed by atoms with E-state index in [1.807, 2.05) is 44.2 Å². The summed E-state index contributed by atoms with van der Waals surface area (Å²) in [5.41, 5.74) is 1.14. The van der Waals surface area contributed by atoms with E-state index in [0.29, 0.717) is 41.8 Å². The lowest BCUT2D eigenvalue weighted by molar-refractivity contribution is -0.138. The van der Waals surface area contributed by atoms with Crippen molar-refractivity contribution >= 4 is 27.5 Å². The first-order valence-electron chi connectivity index (χ1n) is 10.4. The summed E-state index contributed by atoms with van der Waals surface area (Å²) in [5.74, 6) is -0.980. The lowest BCUT2D eigenvalue weighted by atomic mass is 9.84. The Morgan fingerprint density at radius 3 is 2.61 bits per heavy atom. The summed E-state index contributed by atoms with van der Waals surface area (Å²) in [6, 6.07) is 13.2. The molecular weight excluding hydrogens is 414 g/mol. The number of thiazole rings is 1. The van der Waals surface area contributed by atoms with Crippen LogP contribution in [0.2, 0.25) is 0 Å². The number of aromatic nitrogens is 1. The van der Waals surface area contributed by atoms with E-state index in [9.17, 15) is 14.7 Å². The standard InChI is InChI=1S/C23H29N3O4S/c1-4-23(25-5-2,30-14-13-15-9-7-6-8-10-15)18(21(28)24-3)16-11-12-17(27)19-20(16)31-22(29)26-19/h6-12,18,25,27H,4-5,13-14H2,1-3H3,(H,24,28)(H,26,29). The number of likely N-dealkylation sites (N-methyl/N-ethyl adjacent to an activating group) is 2. The number of H-pyrrole nitrogens is 1. The number of carbonyl (C=O) groups is 1. The molecule has 0 saturated carbocycles. The average Bonchev–Trinajstić information content (AvgIpc) is 3.18. The Hall–Kier alpha value is -2.68. The fourth-order valence-electron chi connectivity index (χ4n) is 3.98. The molecule has 2 aromatic carbocycles. The number of ether oxygens (including phenoxy) is 1. The molecule has 0 aliphatic heterocycles. The van der Waals surface area contributed by atoms with Crippen LogP contribution in [0.5, 0.6) is 5.75 Å². The third kappa shape index (κ3) is 4.81. The molecule has 2 atom stereocenters. The third-order valence-electron chi connectivity index (χ3n) is 5.47. The first-order chi connectivity index (χ1) is 15.0. The van der Waals surface area contributed by atoms with Crippen molar-refractivity contribution in [2.75, 3.05) is 20.2 Å². The van der Waals surface area contributed by atoms with Gasteiger partial charge in [-0.3, -0.25) is 14.9 Å². The van der Waals surface area contributed by atoms with Crippen molar-refractivity contribution in [2.24, 2.45) is 0 Å². The molecule has 0 radical (unpaired) electrons. The summed E-state index contributed by atoms with van der Waals surface area (Å²) in [6.07, 6.45) is 1.23. The van der Waals surface area contributed by atoms with Gasteiger partial charge in [-0.05, 0) is 36.6 Å². The van der Waals surface area contributed by atoms with Crippen LogP contribution in [-0.4, -0.2) is 41.9 Å².